The Bertz CT molecular complexity index is 420. The fraction of sp³-hybridized carbons (Fsp3) is 0.562. The zero-order valence-electron chi connectivity index (χ0n) is 12.2. The minimum Gasteiger partial charge on any atom is -0.339 e. The molecule has 1 aliphatic heterocycles. The lowest BCUT2D eigenvalue weighted by molar-refractivity contribution is -0.138. The van der Waals surface area contributed by atoms with Gasteiger partial charge in [0.2, 0.25) is 5.91 Å². The molecule has 0 atom stereocenters. The molecule has 0 unspecified atom stereocenters. The van der Waals surface area contributed by atoms with Crippen LogP contribution in [-0.2, 0) is 10.2 Å². The van der Waals surface area contributed by atoms with Crippen LogP contribution in [0.5, 0.6) is 0 Å². The molecule has 0 saturated carbocycles. The fourth-order valence-electron chi connectivity index (χ4n) is 2.64. The van der Waals surface area contributed by atoms with Crippen molar-refractivity contribution in [3.8, 4) is 0 Å². The second-order valence-electron chi connectivity index (χ2n) is 5.72. The average molecular weight is 260 g/mol. The second-order valence-corrected chi connectivity index (χ2v) is 5.72. The summed E-state index contributed by atoms with van der Waals surface area (Å²) in [4.78, 5) is 17.1. The highest BCUT2D eigenvalue weighted by Crippen LogP contribution is 2.26. The fourth-order valence-corrected chi connectivity index (χ4v) is 2.64. The van der Waals surface area contributed by atoms with Crippen molar-refractivity contribution in [3.63, 3.8) is 0 Å². The van der Waals surface area contributed by atoms with Gasteiger partial charge in [0.1, 0.15) is 0 Å². The summed E-state index contributed by atoms with van der Waals surface area (Å²) in [7, 11) is 0. The van der Waals surface area contributed by atoms with Crippen LogP contribution in [0.4, 0.5) is 0 Å². The summed E-state index contributed by atoms with van der Waals surface area (Å²) < 4.78 is 0. The third kappa shape index (κ3) is 2.98. The summed E-state index contributed by atoms with van der Waals surface area (Å²) in [5.41, 5.74) is 0.660. The molecule has 0 aromatic heterocycles. The molecule has 1 aromatic carbocycles. The molecule has 1 fully saturated rings. The topological polar surface area (TPSA) is 23.6 Å². The molecule has 0 radical (unpaired) electrons. The highest BCUT2D eigenvalue weighted by atomic mass is 16.2. The number of hydrogen-bond acceptors (Lipinski definition) is 2. The Morgan fingerprint density at radius 3 is 2.21 bits per heavy atom. The van der Waals surface area contributed by atoms with Crippen LogP contribution < -0.4 is 0 Å². The van der Waals surface area contributed by atoms with Crippen molar-refractivity contribution in [1.29, 1.82) is 0 Å². The molecule has 0 N–H and O–H groups in total. The Labute approximate surface area is 116 Å². The van der Waals surface area contributed by atoms with Crippen LogP contribution in [0.1, 0.15) is 26.3 Å². The predicted octanol–water partition coefficient (Wildman–Crippen LogP) is 2.13. The van der Waals surface area contributed by atoms with Gasteiger partial charge in [0.25, 0.3) is 0 Å². The number of nitrogens with zero attached hydrogens (tertiary/aromatic N) is 2. The monoisotopic (exact) mass is 260 g/mol. The molecule has 1 saturated heterocycles. The zero-order valence-corrected chi connectivity index (χ0v) is 12.2. The van der Waals surface area contributed by atoms with E-state index < -0.39 is 5.41 Å². The first-order chi connectivity index (χ1) is 9.05. The van der Waals surface area contributed by atoms with Crippen LogP contribution in [0.2, 0.25) is 0 Å². The standard InChI is InChI=1S/C16H24N2O/c1-4-17-10-12-18(13-11-17)15(19)16(2,3)14-8-6-5-7-9-14/h5-9H,4,10-13H2,1-3H3. The van der Waals surface area contributed by atoms with Crippen molar-refractivity contribution in [3.05, 3.63) is 35.9 Å². The van der Waals surface area contributed by atoms with Crippen molar-refractivity contribution in [2.24, 2.45) is 0 Å². The first kappa shape index (κ1) is 14.1. The maximum Gasteiger partial charge on any atom is 0.232 e. The van der Waals surface area contributed by atoms with Crippen molar-refractivity contribution in [2.75, 3.05) is 32.7 Å². The molecule has 0 aliphatic carbocycles. The highest BCUT2D eigenvalue weighted by molar-refractivity contribution is 5.87. The molecule has 1 aliphatic rings. The number of carbonyl (C=O) groups is 1. The van der Waals surface area contributed by atoms with Gasteiger partial charge in [0.05, 0.1) is 5.41 Å². The largest absolute Gasteiger partial charge is 0.339 e. The summed E-state index contributed by atoms with van der Waals surface area (Å²) in [6, 6.07) is 10.1. The maximum atomic E-state index is 12.7. The molecule has 3 nitrogen and oxygen atoms in total. The number of carbonyl (C=O) groups excluding carboxylic acids is 1. The predicted molar refractivity (Wildman–Crippen MR) is 78.2 cm³/mol. The lowest BCUT2D eigenvalue weighted by atomic mass is 9.83. The number of piperazine rings is 1. The molecule has 104 valence electrons. The number of benzene rings is 1. The average Bonchev–Trinajstić information content (AvgIpc) is 2.47. The molecule has 3 heteroatoms. The number of rotatable bonds is 3. The number of amides is 1. The first-order valence-electron chi connectivity index (χ1n) is 7.13. The Morgan fingerprint density at radius 1 is 1.11 bits per heavy atom. The second kappa shape index (κ2) is 5.74. The Kier molecular flexibility index (Phi) is 4.25. The Balaban J connectivity index is 2.07. The van der Waals surface area contributed by atoms with Gasteiger partial charge in [-0.2, -0.15) is 0 Å². The van der Waals surface area contributed by atoms with Gasteiger partial charge in [-0.25, -0.2) is 0 Å². The van der Waals surface area contributed by atoms with Gasteiger partial charge in [-0.15, -0.1) is 0 Å². The van der Waals surface area contributed by atoms with Crippen LogP contribution in [0.15, 0.2) is 30.3 Å². The molecule has 2 rings (SSSR count). The number of likely N-dealkylation sites (N-methyl/N-ethyl adjacent to an activating group) is 1. The van der Waals surface area contributed by atoms with Crippen molar-refractivity contribution < 1.29 is 4.79 Å². The smallest absolute Gasteiger partial charge is 0.232 e. The molecular weight excluding hydrogens is 236 g/mol. The van der Waals surface area contributed by atoms with Gasteiger partial charge in [-0.3, -0.25) is 4.79 Å². The normalized spacial score (nSPS) is 17.5. The molecule has 1 heterocycles. The summed E-state index contributed by atoms with van der Waals surface area (Å²) in [6.45, 7) is 11.0. The molecule has 1 amide bonds. The van der Waals surface area contributed by atoms with E-state index >= 15 is 0 Å². The van der Waals surface area contributed by atoms with E-state index in [1.165, 1.54) is 0 Å². The van der Waals surface area contributed by atoms with Crippen molar-refractivity contribution in [1.82, 2.24) is 9.80 Å². The number of hydrogen-bond donors (Lipinski definition) is 0. The van der Waals surface area contributed by atoms with Crippen LogP contribution in [-0.4, -0.2) is 48.4 Å². The van der Waals surface area contributed by atoms with E-state index in [1.807, 2.05) is 49.1 Å². The SMILES string of the molecule is CCN1CCN(C(=O)C(C)(C)c2ccccc2)CC1. The molecular formula is C16H24N2O. The van der Waals surface area contributed by atoms with Gasteiger partial charge in [-0.1, -0.05) is 37.3 Å². The van der Waals surface area contributed by atoms with E-state index in [9.17, 15) is 4.79 Å². The quantitative estimate of drug-likeness (QED) is 0.831. The molecule has 19 heavy (non-hydrogen) atoms. The van der Waals surface area contributed by atoms with Crippen LogP contribution in [0, 0.1) is 0 Å². The van der Waals surface area contributed by atoms with E-state index in [0.717, 1.165) is 38.3 Å². The minimum atomic E-state index is -0.435. The Hall–Kier alpha value is -1.35. The summed E-state index contributed by atoms with van der Waals surface area (Å²) in [5.74, 6) is 0.245. The minimum absolute atomic E-state index is 0.245. The zero-order chi connectivity index (χ0) is 13.9. The highest BCUT2D eigenvalue weighted by Gasteiger charge is 2.34. The third-order valence-corrected chi connectivity index (χ3v) is 4.14. The van der Waals surface area contributed by atoms with E-state index in [-0.39, 0.29) is 5.91 Å². The van der Waals surface area contributed by atoms with E-state index in [0.29, 0.717) is 0 Å². The third-order valence-electron chi connectivity index (χ3n) is 4.14. The van der Waals surface area contributed by atoms with E-state index in [1.54, 1.807) is 0 Å². The van der Waals surface area contributed by atoms with Crippen LogP contribution in [0.3, 0.4) is 0 Å². The lowest BCUT2D eigenvalue weighted by Gasteiger charge is -2.38. The summed E-state index contributed by atoms with van der Waals surface area (Å²) >= 11 is 0. The van der Waals surface area contributed by atoms with Crippen molar-refractivity contribution in [2.45, 2.75) is 26.2 Å². The summed E-state index contributed by atoms with van der Waals surface area (Å²) in [5, 5.41) is 0. The summed E-state index contributed by atoms with van der Waals surface area (Å²) in [6.07, 6.45) is 0. The van der Waals surface area contributed by atoms with Crippen LogP contribution >= 0.6 is 0 Å². The van der Waals surface area contributed by atoms with Gasteiger partial charge in [0, 0.05) is 26.2 Å². The van der Waals surface area contributed by atoms with E-state index in [2.05, 4.69) is 11.8 Å². The molecule has 0 spiro atoms. The van der Waals surface area contributed by atoms with E-state index in [4.69, 9.17) is 0 Å². The van der Waals surface area contributed by atoms with Gasteiger partial charge < -0.3 is 9.80 Å². The Morgan fingerprint density at radius 2 is 1.68 bits per heavy atom. The van der Waals surface area contributed by atoms with Gasteiger partial charge >= 0.3 is 0 Å². The van der Waals surface area contributed by atoms with Gasteiger partial charge in [-0.05, 0) is 26.0 Å². The van der Waals surface area contributed by atoms with Crippen LogP contribution in [0.25, 0.3) is 0 Å². The molecule has 0 bridgehead atoms. The maximum absolute atomic E-state index is 12.7. The van der Waals surface area contributed by atoms with Crippen molar-refractivity contribution >= 4 is 5.91 Å². The lowest BCUT2D eigenvalue weighted by Crippen LogP contribution is -2.53. The molecule has 1 aromatic rings. The van der Waals surface area contributed by atoms with Gasteiger partial charge in [0.15, 0.2) is 0 Å². The first-order valence-corrected chi connectivity index (χ1v) is 7.13.